The van der Waals surface area contributed by atoms with Crippen molar-refractivity contribution in [2.24, 2.45) is 5.41 Å². The van der Waals surface area contributed by atoms with Crippen LogP contribution in [0.25, 0.3) is 0 Å². The second-order valence-corrected chi connectivity index (χ2v) is 6.88. The zero-order valence-corrected chi connectivity index (χ0v) is 13.7. The molecule has 1 spiro atoms. The first-order chi connectivity index (χ1) is 11.5. The Kier molecular flexibility index (Phi) is 4.85. The molecular formula is C18H23FN2O3. The number of carbonyl (C=O) groups excluding carboxylic acids is 2. The molecule has 1 aromatic rings. The number of halogens is 1. The molecule has 2 fully saturated rings. The normalized spacial score (nSPS) is 24.5. The van der Waals surface area contributed by atoms with Gasteiger partial charge in [0.1, 0.15) is 5.82 Å². The van der Waals surface area contributed by atoms with Gasteiger partial charge in [0.15, 0.2) is 0 Å². The molecule has 24 heavy (non-hydrogen) atoms. The third-order valence-electron chi connectivity index (χ3n) is 5.14. The highest BCUT2D eigenvalue weighted by Gasteiger charge is 2.42. The Morgan fingerprint density at radius 2 is 2.12 bits per heavy atom. The minimum Gasteiger partial charge on any atom is -0.395 e. The van der Waals surface area contributed by atoms with Gasteiger partial charge < -0.3 is 14.9 Å². The minimum absolute atomic E-state index is 0.0479. The maximum absolute atomic E-state index is 13.4. The van der Waals surface area contributed by atoms with Gasteiger partial charge in [-0.25, -0.2) is 4.39 Å². The lowest BCUT2D eigenvalue weighted by Crippen LogP contribution is -2.55. The van der Waals surface area contributed by atoms with E-state index in [4.69, 9.17) is 5.11 Å². The molecule has 2 aliphatic rings. The monoisotopic (exact) mass is 334 g/mol. The summed E-state index contributed by atoms with van der Waals surface area (Å²) in [7, 11) is 0. The average molecular weight is 334 g/mol. The van der Waals surface area contributed by atoms with Crippen molar-refractivity contribution in [2.75, 3.05) is 32.8 Å². The number of benzene rings is 1. The zero-order valence-electron chi connectivity index (χ0n) is 13.7. The van der Waals surface area contributed by atoms with Crippen molar-refractivity contribution in [3.63, 3.8) is 0 Å². The summed E-state index contributed by atoms with van der Waals surface area (Å²) in [6.45, 7) is 2.12. The fourth-order valence-electron chi connectivity index (χ4n) is 3.95. The SMILES string of the molecule is O=C1CC[C@@]2(CCCN(C(=O)c3cccc(F)c3)C2)CN1CCO. The van der Waals surface area contributed by atoms with E-state index in [9.17, 15) is 14.0 Å². The lowest BCUT2D eigenvalue weighted by atomic mass is 9.73. The van der Waals surface area contributed by atoms with Crippen LogP contribution in [0.1, 0.15) is 36.0 Å². The van der Waals surface area contributed by atoms with Gasteiger partial charge in [0, 0.05) is 43.6 Å². The van der Waals surface area contributed by atoms with Gasteiger partial charge in [0.2, 0.25) is 5.91 Å². The molecule has 1 aromatic carbocycles. The maximum Gasteiger partial charge on any atom is 0.253 e. The van der Waals surface area contributed by atoms with Gasteiger partial charge in [-0.3, -0.25) is 9.59 Å². The van der Waals surface area contributed by atoms with E-state index in [1.807, 2.05) is 0 Å². The van der Waals surface area contributed by atoms with E-state index >= 15 is 0 Å². The van der Waals surface area contributed by atoms with Gasteiger partial charge in [-0.2, -0.15) is 0 Å². The molecule has 0 bridgehead atoms. The summed E-state index contributed by atoms with van der Waals surface area (Å²) >= 11 is 0. The highest BCUT2D eigenvalue weighted by Crippen LogP contribution is 2.39. The van der Waals surface area contributed by atoms with Crippen molar-refractivity contribution in [3.05, 3.63) is 35.6 Å². The number of aliphatic hydroxyl groups is 1. The van der Waals surface area contributed by atoms with E-state index in [1.165, 1.54) is 12.1 Å². The molecule has 0 unspecified atom stereocenters. The molecule has 3 rings (SSSR count). The Morgan fingerprint density at radius 3 is 2.88 bits per heavy atom. The summed E-state index contributed by atoms with van der Waals surface area (Å²) in [6, 6.07) is 5.78. The molecule has 6 heteroatoms. The summed E-state index contributed by atoms with van der Waals surface area (Å²) in [5.74, 6) is -0.493. The molecule has 2 aliphatic heterocycles. The lowest BCUT2D eigenvalue weighted by molar-refractivity contribution is -0.139. The molecule has 5 nitrogen and oxygen atoms in total. The molecule has 130 valence electrons. The van der Waals surface area contributed by atoms with E-state index < -0.39 is 5.82 Å². The second-order valence-electron chi connectivity index (χ2n) is 6.88. The van der Waals surface area contributed by atoms with E-state index in [-0.39, 0.29) is 23.8 Å². The van der Waals surface area contributed by atoms with E-state index in [0.717, 1.165) is 19.3 Å². The maximum atomic E-state index is 13.4. The topological polar surface area (TPSA) is 60.9 Å². The number of rotatable bonds is 3. The van der Waals surface area contributed by atoms with Crippen LogP contribution in [0.2, 0.25) is 0 Å². The third kappa shape index (κ3) is 3.43. The first kappa shape index (κ1) is 16.9. The summed E-state index contributed by atoms with van der Waals surface area (Å²) in [5, 5.41) is 9.14. The van der Waals surface area contributed by atoms with Crippen molar-refractivity contribution in [3.8, 4) is 0 Å². The Bertz CT molecular complexity index is 636. The van der Waals surface area contributed by atoms with Crippen LogP contribution in [0.15, 0.2) is 24.3 Å². The van der Waals surface area contributed by atoms with E-state index in [0.29, 0.717) is 38.2 Å². The van der Waals surface area contributed by atoms with Gasteiger partial charge in [-0.15, -0.1) is 0 Å². The highest BCUT2D eigenvalue weighted by molar-refractivity contribution is 5.94. The van der Waals surface area contributed by atoms with Gasteiger partial charge in [-0.1, -0.05) is 6.07 Å². The summed E-state index contributed by atoms with van der Waals surface area (Å²) in [4.78, 5) is 28.2. The summed E-state index contributed by atoms with van der Waals surface area (Å²) < 4.78 is 13.4. The number of β-amino-alcohol motifs (C(OH)–C–C–N with tert-alkyl or cyclic N) is 1. The number of nitrogens with zero attached hydrogens (tertiary/aromatic N) is 2. The highest BCUT2D eigenvalue weighted by atomic mass is 19.1. The molecular weight excluding hydrogens is 311 g/mol. The molecule has 2 saturated heterocycles. The van der Waals surface area contributed by atoms with Gasteiger partial charge in [0.25, 0.3) is 5.91 Å². The number of hydrogen-bond donors (Lipinski definition) is 1. The van der Waals surface area contributed by atoms with Crippen LogP contribution in [-0.2, 0) is 4.79 Å². The average Bonchev–Trinajstić information content (AvgIpc) is 2.58. The van der Waals surface area contributed by atoms with Crippen LogP contribution in [0.5, 0.6) is 0 Å². The van der Waals surface area contributed by atoms with Crippen molar-refractivity contribution in [1.29, 1.82) is 0 Å². The predicted octanol–water partition coefficient (Wildman–Crippen LogP) is 1.66. The number of amides is 2. The van der Waals surface area contributed by atoms with E-state index in [1.54, 1.807) is 21.9 Å². The predicted molar refractivity (Wildman–Crippen MR) is 86.9 cm³/mol. The van der Waals surface area contributed by atoms with Gasteiger partial charge in [-0.05, 0) is 37.5 Å². The van der Waals surface area contributed by atoms with Crippen LogP contribution in [-0.4, -0.2) is 59.5 Å². The van der Waals surface area contributed by atoms with Crippen LogP contribution in [0, 0.1) is 11.2 Å². The third-order valence-corrected chi connectivity index (χ3v) is 5.14. The Labute approximate surface area is 141 Å². The zero-order chi connectivity index (χ0) is 17.2. The molecule has 0 aliphatic carbocycles. The Balaban J connectivity index is 1.74. The number of carbonyl (C=O) groups is 2. The molecule has 0 saturated carbocycles. The van der Waals surface area contributed by atoms with Crippen molar-refractivity contribution in [2.45, 2.75) is 25.7 Å². The Morgan fingerprint density at radius 1 is 1.29 bits per heavy atom. The van der Waals surface area contributed by atoms with Crippen molar-refractivity contribution >= 4 is 11.8 Å². The first-order valence-corrected chi connectivity index (χ1v) is 8.46. The largest absolute Gasteiger partial charge is 0.395 e. The number of piperidine rings is 2. The molecule has 1 atom stereocenters. The molecule has 0 aromatic heterocycles. The minimum atomic E-state index is -0.412. The number of likely N-dealkylation sites (tertiary alicyclic amines) is 2. The quantitative estimate of drug-likeness (QED) is 0.915. The fraction of sp³-hybridized carbons (Fsp3) is 0.556. The first-order valence-electron chi connectivity index (χ1n) is 8.46. The van der Waals surface area contributed by atoms with Crippen LogP contribution in [0.4, 0.5) is 4.39 Å². The summed E-state index contributed by atoms with van der Waals surface area (Å²) in [5.41, 5.74) is 0.260. The molecule has 0 radical (unpaired) electrons. The van der Waals surface area contributed by atoms with Gasteiger partial charge in [0.05, 0.1) is 6.61 Å². The summed E-state index contributed by atoms with van der Waals surface area (Å²) in [6.07, 6.45) is 3.07. The fourth-order valence-corrected chi connectivity index (χ4v) is 3.95. The van der Waals surface area contributed by atoms with Gasteiger partial charge >= 0.3 is 0 Å². The molecule has 1 N–H and O–H groups in total. The van der Waals surface area contributed by atoms with Crippen LogP contribution < -0.4 is 0 Å². The van der Waals surface area contributed by atoms with Crippen molar-refractivity contribution < 1.29 is 19.1 Å². The molecule has 2 heterocycles. The van der Waals surface area contributed by atoms with Crippen LogP contribution >= 0.6 is 0 Å². The number of aliphatic hydroxyl groups excluding tert-OH is 1. The lowest BCUT2D eigenvalue weighted by Gasteiger charge is -2.48. The van der Waals surface area contributed by atoms with Crippen molar-refractivity contribution in [1.82, 2.24) is 9.80 Å². The second kappa shape index (κ2) is 6.89. The van der Waals surface area contributed by atoms with Crippen LogP contribution in [0.3, 0.4) is 0 Å². The smallest absolute Gasteiger partial charge is 0.253 e. The Hall–Kier alpha value is -1.95. The van der Waals surface area contributed by atoms with E-state index in [2.05, 4.69) is 0 Å². The number of hydrogen-bond acceptors (Lipinski definition) is 3. The molecule has 2 amide bonds. The standard InChI is InChI=1S/C18H23FN2O3/c19-15-4-1-3-14(11-15)17(24)21-8-2-6-18(13-21)7-5-16(23)20(12-18)9-10-22/h1,3-4,11,22H,2,5-10,12-13H2/t18-/m0/s1.